The van der Waals surface area contributed by atoms with E-state index in [0.29, 0.717) is 44.4 Å². The van der Waals surface area contributed by atoms with E-state index in [2.05, 4.69) is 4.90 Å². The van der Waals surface area contributed by atoms with Crippen LogP contribution in [0.3, 0.4) is 0 Å². The number of carbonyl (C=O) groups is 1. The van der Waals surface area contributed by atoms with Crippen LogP contribution in [0, 0.1) is 5.82 Å². The molecule has 2 aromatic rings. The van der Waals surface area contributed by atoms with Gasteiger partial charge in [-0.2, -0.15) is 0 Å². The van der Waals surface area contributed by atoms with Crippen molar-refractivity contribution < 1.29 is 18.7 Å². The largest absolute Gasteiger partial charge is 0.474 e. The second kappa shape index (κ2) is 8.47. The van der Waals surface area contributed by atoms with Crippen LogP contribution in [0.4, 0.5) is 10.1 Å². The Morgan fingerprint density at radius 1 is 1.24 bits per heavy atom. The molecular formula is C22H26FN3O3. The zero-order valence-electron chi connectivity index (χ0n) is 16.9. The highest BCUT2D eigenvalue weighted by molar-refractivity contribution is 5.94. The monoisotopic (exact) mass is 399 g/mol. The summed E-state index contributed by atoms with van der Waals surface area (Å²) in [5.74, 6) is 0.220. The van der Waals surface area contributed by atoms with Gasteiger partial charge in [-0.25, -0.2) is 9.37 Å². The number of carbonyl (C=O) groups excluding carboxylic acids is 1. The minimum Gasteiger partial charge on any atom is -0.474 e. The first-order chi connectivity index (χ1) is 14.0. The lowest BCUT2D eigenvalue weighted by atomic mass is 10.0. The zero-order chi connectivity index (χ0) is 20.4. The molecule has 1 aromatic heterocycles. The van der Waals surface area contributed by atoms with Crippen molar-refractivity contribution in [3.05, 3.63) is 53.0 Å². The van der Waals surface area contributed by atoms with Crippen LogP contribution >= 0.6 is 0 Å². The van der Waals surface area contributed by atoms with Gasteiger partial charge in [-0.05, 0) is 42.7 Å². The number of nitrogens with zero attached hydrogens (tertiary/aromatic N) is 3. The molecule has 0 unspecified atom stereocenters. The van der Waals surface area contributed by atoms with E-state index < -0.39 is 0 Å². The van der Waals surface area contributed by atoms with Crippen molar-refractivity contribution in [2.24, 2.45) is 0 Å². The number of morpholine rings is 1. The standard InChI is InChI=1S/C22H26FN3O3/c1-15-14-29-22-21(26(15)16(2)27)12-18(11-17-3-5-19(23)6-4-17)20(24-22)13-25-7-9-28-10-8-25/h3-6,12,15H,7-11,13-14H2,1-2H3/t15-/m0/s1. The quantitative estimate of drug-likeness (QED) is 0.791. The second-order valence-corrected chi connectivity index (χ2v) is 7.66. The first kappa shape index (κ1) is 19.8. The van der Waals surface area contributed by atoms with Gasteiger partial charge in [0.05, 0.1) is 24.9 Å². The van der Waals surface area contributed by atoms with Crippen LogP contribution in [0.25, 0.3) is 0 Å². The molecular weight excluding hydrogens is 373 g/mol. The van der Waals surface area contributed by atoms with Gasteiger partial charge >= 0.3 is 0 Å². The summed E-state index contributed by atoms with van der Waals surface area (Å²) in [6, 6.07) is 8.47. The molecule has 154 valence electrons. The van der Waals surface area contributed by atoms with Gasteiger partial charge in [0.2, 0.25) is 11.8 Å². The molecule has 2 aliphatic heterocycles. The van der Waals surface area contributed by atoms with Crippen molar-refractivity contribution in [3.8, 4) is 5.88 Å². The number of fused-ring (bicyclic) bond motifs is 1. The van der Waals surface area contributed by atoms with E-state index >= 15 is 0 Å². The van der Waals surface area contributed by atoms with Crippen molar-refractivity contribution in [1.29, 1.82) is 0 Å². The third-order valence-corrected chi connectivity index (χ3v) is 5.42. The molecule has 29 heavy (non-hydrogen) atoms. The van der Waals surface area contributed by atoms with E-state index in [1.54, 1.807) is 24.0 Å². The van der Waals surface area contributed by atoms with E-state index in [4.69, 9.17) is 14.5 Å². The normalized spacial score (nSPS) is 19.6. The van der Waals surface area contributed by atoms with Crippen LogP contribution in [0.5, 0.6) is 5.88 Å². The number of aromatic nitrogens is 1. The average molecular weight is 399 g/mol. The fraction of sp³-hybridized carbons (Fsp3) is 0.455. The van der Waals surface area contributed by atoms with Gasteiger partial charge in [-0.15, -0.1) is 0 Å². The number of rotatable bonds is 4. The predicted molar refractivity (Wildman–Crippen MR) is 108 cm³/mol. The van der Waals surface area contributed by atoms with Crippen LogP contribution in [0.2, 0.25) is 0 Å². The molecule has 1 fully saturated rings. The Kier molecular flexibility index (Phi) is 5.78. The number of hydrogen-bond donors (Lipinski definition) is 0. The van der Waals surface area contributed by atoms with Crippen LogP contribution in [-0.2, 0) is 22.5 Å². The van der Waals surface area contributed by atoms with Crippen molar-refractivity contribution in [2.75, 3.05) is 37.8 Å². The Balaban J connectivity index is 1.72. The lowest BCUT2D eigenvalue weighted by Gasteiger charge is -2.35. The van der Waals surface area contributed by atoms with Crippen LogP contribution in [0.15, 0.2) is 30.3 Å². The van der Waals surface area contributed by atoms with E-state index in [-0.39, 0.29) is 17.8 Å². The Morgan fingerprint density at radius 2 is 1.97 bits per heavy atom. The highest BCUT2D eigenvalue weighted by Gasteiger charge is 2.30. The summed E-state index contributed by atoms with van der Waals surface area (Å²) in [7, 11) is 0. The molecule has 0 radical (unpaired) electrons. The summed E-state index contributed by atoms with van der Waals surface area (Å²) in [6.45, 7) is 7.77. The maximum atomic E-state index is 13.3. The third-order valence-electron chi connectivity index (χ3n) is 5.42. The van der Waals surface area contributed by atoms with Gasteiger partial charge in [-0.3, -0.25) is 9.69 Å². The molecule has 2 aliphatic rings. The average Bonchev–Trinajstić information content (AvgIpc) is 2.71. The number of amides is 1. The number of halogens is 1. The predicted octanol–water partition coefficient (Wildman–Crippen LogP) is 2.78. The summed E-state index contributed by atoms with van der Waals surface area (Å²) in [4.78, 5) is 21.1. The molecule has 7 heteroatoms. The zero-order valence-corrected chi connectivity index (χ0v) is 16.9. The Morgan fingerprint density at radius 3 is 2.66 bits per heavy atom. The minimum atomic E-state index is -0.254. The molecule has 0 bridgehead atoms. The third kappa shape index (κ3) is 4.41. The SMILES string of the molecule is CC(=O)N1c2cc(Cc3ccc(F)cc3)c(CN3CCOCC3)nc2OC[C@@H]1C. The fourth-order valence-electron chi connectivity index (χ4n) is 3.92. The van der Waals surface area contributed by atoms with Gasteiger partial charge in [-0.1, -0.05) is 12.1 Å². The topological polar surface area (TPSA) is 54.9 Å². The van der Waals surface area contributed by atoms with Crippen LogP contribution in [-0.4, -0.2) is 54.7 Å². The molecule has 0 spiro atoms. The highest BCUT2D eigenvalue weighted by Crippen LogP contribution is 2.35. The maximum absolute atomic E-state index is 13.3. The van der Waals surface area contributed by atoms with Crippen molar-refractivity contribution in [3.63, 3.8) is 0 Å². The molecule has 1 saturated heterocycles. The Bertz CT molecular complexity index is 882. The molecule has 0 aliphatic carbocycles. The summed E-state index contributed by atoms with van der Waals surface area (Å²) >= 11 is 0. The number of benzene rings is 1. The molecule has 4 rings (SSSR count). The van der Waals surface area contributed by atoms with Gasteiger partial charge < -0.3 is 14.4 Å². The molecule has 0 N–H and O–H groups in total. The van der Waals surface area contributed by atoms with Crippen LogP contribution in [0.1, 0.15) is 30.7 Å². The molecule has 1 amide bonds. The number of hydrogen-bond acceptors (Lipinski definition) is 5. The van der Waals surface area contributed by atoms with E-state index in [0.717, 1.165) is 29.9 Å². The van der Waals surface area contributed by atoms with Crippen molar-refractivity contribution in [2.45, 2.75) is 32.9 Å². The lowest BCUT2D eigenvalue weighted by Crippen LogP contribution is -2.44. The molecule has 6 nitrogen and oxygen atoms in total. The first-order valence-electron chi connectivity index (χ1n) is 10.0. The molecule has 3 heterocycles. The molecule has 1 atom stereocenters. The summed E-state index contributed by atoms with van der Waals surface area (Å²) < 4.78 is 24.7. The highest BCUT2D eigenvalue weighted by atomic mass is 19.1. The number of anilines is 1. The van der Waals surface area contributed by atoms with E-state index in [1.807, 2.05) is 13.0 Å². The number of pyridine rings is 1. The summed E-state index contributed by atoms with van der Waals surface area (Å²) in [5.41, 5.74) is 3.65. The lowest BCUT2D eigenvalue weighted by molar-refractivity contribution is -0.117. The first-order valence-corrected chi connectivity index (χ1v) is 10.0. The van der Waals surface area contributed by atoms with Crippen molar-refractivity contribution >= 4 is 11.6 Å². The number of ether oxygens (including phenoxy) is 2. The summed E-state index contributed by atoms with van der Waals surface area (Å²) in [5, 5.41) is 0. The maximum Gasteiger partial charge on any atom is 0.238 e. The molecule has 0 saturated carbocycles. The van der Waals surface area contributed by atoms with Crippen molar-refractivity contribution in [1.82, 2.24) is 9.88 Å². The molecule has 1 aromatic carbocycles. The second-order valence-electron chi connectivity index (χ2n) is 7.66. The Hall–Kier alpha value is -2.51. The van der Waals surface area contributed by atoms with E-state index in [1.165, 1.54) is 12.1 Å². The summed E-state index contributed by atoms with van der Waals surface area (Å²) in [6.07, 6.45) is 0.611. The van der Waals surface area contributed by atoms with Gasteiger partial charge in [0.1, 0.15) is 18.1 Å². The minimum absolute atomic E-state index is 0.0301. The smallest absolute Gasteiger partial charge is 0.238 e. The van der Waals surface area contributed by atoms with E-state index in [9.17, 15) is 9.18 Å². The Labute approximate surface area is 170 Å². The van der Waals surface area contributed by atoms with Gasteiger partial charge in [0.15, 0.2) is 0 Å². The fourth-order valence-corrected chi connectivity index (χ4v) is 3.92. The van der Waals surface area contributed by atoms with Crippen LogP contribution < -0.4 is 9.64 Å². The van der Waals surface area contributed by atoms with Gasteiger partial charge in [0, 0.05) is 26.6 Å². The van der Waals surface area contributed by atoms with Gasteiger partial charge in [0.25, 0.3) is 0 Å².